The number of aliphatic carboxylic acids is 1. The van der Waals surface area contributed by atoms with Gasteiger partial charge in [-0.1, -0.05) is 13.3 Å². The van der Waals surface area contributed by atoms with Gasteiger partial charge >= 0.3 is 12.1 Å². The van der Waals surface area contributed by atoms with E-state index in [1.165, 1.54) is 0 Å². The van der Waals surface area contributed by atoms with E-state index in [-0.39, 0.29) is 13.1 Å². The van der Waals surface area contributed by atoms with E-state index in [2.05, 4.69) is 0 Å². The number of carbonyl (C=O) groups excluding carboxylic acids is 1. The lowest BCUT2D eigenvalue weighted by atomic mass is 10.1. The van der Waals surface area contributed by atoms with Crippen molar-refractivity contribution in [1.82, 2.24) is 4.90 Å². The molecular weight excluding hydrogens is 253 g/mol. The van der Waals surface area contributed by atoms with Crippen LogP contribution < -0.4 is 5.73 Å². The molecule has 18 heavy (non-hydrogen) atoms. The molecule has 1 atom stereocenters. The van der Waals surface area contributed by atoms with Gasteiger partial charge in [-0.2, -0.15) is 13.2 Å². The fourth-order valence-corrected chi connectivity index (χ4v) is 1.42. The monoisotopic (exact) mass is 270 g/mol. The molecule has 0 aromatic heterocycles. The summed E-state index contributed by atoms with van der Waals surface area (Å²) in [6.07, 6.45) is -3.55. The molecule has 8 heteroatoms. The number of amides is 1. The van der Waals surface area contributed by atoms with Crippen LogP contribution in [0, 0.1) is 5.92 Å². The summed E-state index contributed by atoms with van der Waals surface area (Å²) in [4.78, 5) is 22.4. The van der Waals surface area contributed by atoms with Crippen molar-refractivity contribution in [1.29, 1.82) is 0 Å². The van der Waals surface area contributed by atoms with E-state index in [4.69, 9.17) is 10.8 Å². The molecule has 0 radical (unpaired) electrons. The number of rotatable bonds is 8. The number of carboxylic acid groups (broad SMARTS) is 1. The molecule has 106 valence electrons. The van der Waals surface area contributed by atoms with E-state index in [0.29, 0.717) is 6.42 Å². The molecule has 0 fully saturated rings. The number of nitrogens with two attached hydrogens (primary N) is 1. The lowest BCUT2D eigenvalue weighted by molar-refractivity contribution is -0.196. The number of carbonyl (C=O) groups is 2. The van der Waals surface area contributed by atoms with Gasteiger partial charge in [-0.3, -0.25) is 14.5 Å². The van der Waals surface area contributed by atoms with Crippen molar-refractivity contribution in [3.05, 3.63) is 0 Å². The average molecular weight is 270 g/mol. The number of unbranched alkanes of at least 4 members (excludes halogenated alkanes) is 1. The Balaban J connectivity index is 4.69. The topological polar surface area (TPSA) is 83.6 Å². The van der Waals surface area contributed by atoms with Crippen molar-refractivity contribution in [3.8, 4) is 0 Å². The van der Waals surface area contributed by atoms with Gasteiger partial charge in [0.2, 0.25) is 5.91 Å². The second-order valence-corrected chi connectivity index (χ2v) is 3.99. The zero-order valence-electron chi connectivity index (χ0n) is 10.0. The van der Waals surface area contributed by atoms with Crippen LogP contribution in [0.1, 0.15) is 19.8 Å². The van der Waals surface area contributed by atoms with E-state index in [0.717, 1.165) is 11.3 Å². The maximum atomic E-state index is 12.5. The van der Waals surface area contributed by atoms with Gasteiger partial charge in [0.25, 0.3) is 0 Å². The van der Waals surface area contributed by atoms with Crippen LogP contribution in [-0.4, -0.2) is 47.7 Å². The van der Waals surface area contributed by atoms with E-state index in [9.17, 15) is 22.8 Å². The molecule has 0 spiro atoms. The number of halogens is 3. The van der Waals surface area contributed by atoms with E-state index in [1.807, 2.05) is 6.92 Å². The molecule has 1 amide bonds. The van der Waals surface area contributed by atoms with Gasteiger partial charge in [-0.15, -0.1) is 0 Å². The van der Waals surface area contributed by atoms with Crippen LogP contribution in [0.5, 0.6) is 0 Å². The first kappa shape index (κ1) is 16.7. The molecule has 3 N–H and O–H groups in total. The number of nitrogens with zero attached hydrogens (tertiary/aromatic N) is 1. The number of hydrogen-bond donors (Lipinski definition) is 2. The first-order valence-corrected chi connectivity index (χ1v) is 5.48. The maximum Gasteiger partial charge on any atom is 0.403 e. The Hall–Kier alpha value is -1.31. The fraction of sp³-hybridized carbons (Fsp3) is 0.800. The van der Waals surface area contributed by atoms with Gasteiger partial charge in [0.05, 0.1) is 6.54 Å². The lowest BCUT2D eigenvalue weighted by Crippen LogP contribution is -2.44. The maximum absolute atomic E-state index is 12.5. The lowest BCUT2D eigenvalue weighted by Gasteiger charge is -2.25. The Morgan fingerprint density at radius 1 is 1.39 bits per heavy atom. The number of alkyl halides is 3. The third-order valence-corrected chi connectivity index (χ3v) is 2.34. The third-order valence-electron chi connectivity index (χ3n) is 2.34. The highest BCUT2D eigenvalue weighted by Gasteiger charge is 2.45. The number of hydrogen-bond acceptors (Lipinski definition) is 3. The van der Waals surface area contributed by atoms with Gasteiger partial charge in [-0.05, 0) is 13.0 Å². The second kappa shape index (κ2) is 7.20. The average Bonchev–Trinajstić information content (AvgIpc) is 2.18. The Bertz CT molecular complexity index is 295. The second-order valence-electron chi connectivity index (χ2n) is 3.99. The number of carboxylic acids is 1. The SMILES string of the molecule is CCCCN(CC(N)=O)CC(C(=O)O)C(F)(F)F. The highest BCUT2D eigenvalue weighted by Crippen LogP contribution is 2.27. The van der Waals surface area contributed by atoms with Gasteiger partial charge in [-0.25, -0.2) is 0 Å². The normalized spacial score (nSPS) is 13.6. The predicted octanol–water partition coefficient (Wildman–Crippen LogP) is 0.837. The van der Waals surface area contributed by atoms with E-state index >= 15 is 0 Å². The predicted molar refractivity (Wildman–Crippen MR) is 57.7 cm³/mol. The first-order chi connectivity index (χ1) is 8.18. The summed E-state index contributed by atoms with van der Waals surface area (Å²) >= 11 is 0. The molecule has 0 saturated heterocycles. The molecule has 0 aromatic rings. The summed E-state index contributed by atoms with van der Waals surface area (Å²) in [6.45, 7) is 0.905. The summed E-state index contributed by atoms with van der Waals surface area (Å²) < 4.78 is 37.4. The minimum atomic E-state index is -4.84. The summed E-state index contributed by atoms with van der Waals surface area (Å²) in [6, 6.07) is 0. The fourth-order valence-electron chi connectivity index (χ4n) is 1.42. The molecule has 0 aromatic carbocycles. The molecule has 5 nitrogen and oxygen atoms in total. The van der Waals surface area contributed by atoms with Gasteiger partial charge in [0.15, 0.2) is 5.92 Å². The molecule has 0 aliphatic rings. The summed E-state index contributed by atoms with van der Waals surface area (Å²) in [5.74, 6) is -5.24. The van der Waals surface area contributed by atoms with Crippen LogP contribution in [0.15, 0.2) is 0 Å². The summed E-state index contributed by atoms with van der Waals surface area (Å²) in [7, 11) is 0. The molecule has 0 rings (SSSR count). The van der Waals surface area contributed by atoms with Crippen molar-refractivity contribution in [2.75, 3.05) is 19.6 Å². The van der Waals surface area contributed by atoms with Crippen LogP contribution in [0.3, 0.4) is 0 Å². The Morgan fingerprint density at radius 3 is 2.28 bits per heavy atom. The minimum Gasteiger partial charge on any atom is -0.481 e. The van der Waals surface area contributed by atoms with Crippen LogP contribution in [0.2, 0.25) is 0 Å². The van der Waals surface area contributed by atoms with Gasteiger partial charge < -0.3 is 10.8 Å². The zero-order valence-corrected chi connectivity index (χ0v) is 10.0. The van der Waals surface area contributed by atoms with Crippen LogP contribution in [0.25, 0.3) is 0 Å². The van der Waals surface area contributed by atoms with Crippen LogP contribution in [-0.2, 0) is 9.59 Å². The van der Waals surface area contributed by atoms with Crippen molar-refractivity contribution >= 4 is 11.9 Å². The summed E-state index contributed by atoms with van der Waals surface area (Å²) in [5, 5.41) is 8.55. The molecule has 0 heterocycles. The largest absolute Gasteiger partial charge is 0.481 e. The van der Waals surface area contributed by atoms with E-state index < -0.39 is 30.5 Å². The van der Waals surface area contributed by atoms with Crippen LogP contribution >= 0.6 is 0 Å². The van der Waals surface area contributed by atoms with Crippen molar-refractivity contribution in [3.63, 3.8) is 0 Å². The van der Waals surface area contributed by atoms with Gasteiger partial charge in [0.1, 0.15) is 0 Å². The Kier molecular flexibility index (Phi) is 6.67. The third kappa shape index (κ3) is 6.43. The minimum absolute atomic E-state index is 0.208. The Morgan fingerprint density at radius 2 is 1.94 bits per heavy atom. The van der Waals surface area contributed by atoms with E-state index in [1.54, 1.807) is 0 Å². The molecule has 0 saturated carbocycles. The standard InChI is InChI=1S/C10H17F3N2O3/c1-2-3-4-15(6-8(14)16)5-7(9(17)18)10(11,12)13/h7H,2-6H2,1H3,(H2,14,16)(H,17,18). The zero-order chi connectivity index (χ0) is 14.3. The quantitative estimate of drug-likeness (QED) is 0.684. The Labute approximate surface area is 103 Å². The number of primary amides is 1. The first-order valence-electron chi connectivity index (χ1n) is 5.48. The van der Waals surface area contributed by atoms with Crippen molar-refractivity contribution in [2.45, 2.75) is 25.9 Å². The smallest absolute Gasteiger partial charge is 0.403 e. The molecule has 1 unspecified atom stereocenters. The molecular formula is C10H17F3N2O3. The molecule has 0 aliphatic carbocycles. The molecule has 0 bridgehead atoms. The highest BCUT2D eigenvalue weighted by molar-refractivity contribution is 5.76. The summed E-state index contributed by atoms with van der Waals surface area (Å²) in [5.41, 5.74) is 4.92. The van der Waals surface area contributed by atoms with Gasteiger partial charge in [0, 0.05) is 6.54 Å². The van der Waals surface area contributed by atoms with Crippen molar-refractivity contribution < 1.29 is 27.9 Å². The molecule has 0 aliphatic heterocycles. The highest BCUT2D eigenvalue weighted by atomic mass is 19.4. The van der Waals surface area contributed by atoms with Crippen LogP contribution in [0.4, 0.5) is 13.2 Å². The van der Waals surface area contributed by atoms with Crippen molar-refractivity contribution in [2.24, 2.45) is 11.7 Å².